The molecule has 0 unspecified atom stereocenters. The number of amides is 1. The van der Waals surface area contributed by atoms with Gasteiger partial charge in [0.25, 0.3) is 5.91 Å². The third-order valence-electron chi connectivity index (χ3n) is 7.68. The van der Waals surface area contributed by atoms with Crippen molar-refractivity contribution in [3.8, 4) is 11.3 Å². The molecule has 2 aromatic heterocycles. The molecule has 4 atom stereocenters. The molecule has 4 aliphatic rings. The summed E-state index contributed by atoms with van der Waals surface area (Å²) < 4.78 is 0. The van der Waals surface area contributed by atoms with Crippen LogP contribution in [0.3, 0.4) is 0 Å². The zero-order chi connectivity index (χ0) is 20.1. The summed E-state index contributed by atoms with van der Waals surface area (Å²) in [5.41, 5.74) is 3.81. The number of nitrogens with zero attached hydrogens (tertiary/aromatic N) is 4. The first-order valence-electron chi connectivity index (χ1n) is 11.5. The molecule has 2 bridgehead atoms. The Labute approximate surface area is 177 Å². The number of hydrogen-bond donors (Lipinski definition) is 1. The number of hydrogen-bond acceptors (Lipinski definition) is 4. The monoisotopic (exact) mass is 403 g/mol. The lowest BCUT2D eigenvalue weighted by Crippen LogP contribution is -2.60. The number of fused-ring (bicyclic) bond motifs is 6. The van der Waals surface area contributed by atoms with E-state index in [9.17, 15) is 4.79 Å². The van der Waals surface area contributed by atoms with E-state index < -0.39 is 0 Å². The van der Waals surface area contributed by atoms with E-state index in [-0.39, 0.29) is 11.9 Å². The van der Waals surface area contributed by atoms with Crippen molar-refractivity contribution in [1.82, 2.24) is 25.0 Å². The van der Waals surface area contributed by atoms with Crippen molar-refractivity contribution in [2.45, 2.75) is 50.6 Å². The number of carbonyl (C=O) groups is 1. The van der Waals surface area contributed by atoms with Crippen LogP contribution in [-0.4, -0.2) is 62.6 Å². The summed E-state index contributed by atoms with van der Waals surface area (Å²) in [7, 11) is 0. The topological polar surface area (TPSA) is 65.1 Å². The molecule has 2 aromatic rings. The van der Waals surface area contributed by atoms with Gasteiger partial charge in [0.15, 0.2) is 0 Å². The molecule has 3 saturated heterocycles. The fraction of sp³-hybridized carbons (Fsp3) is 0.542. The number of H-pyrrole nitrogens is 1. The van der Waals surface area contributed by atoms with Crippen molar-refractivity contribution in [1.29, 1.82) is 0 Å². The predicted molar refractivity (Wildman–Crippen MR) is 115 cm³/mol. The number of aromatic amines is 1. The molecule has 5 heterocycles. The number of carbonyl (C=O) groups excluding carboxylic acids is 1. The van der Waals surface area contributed by atoms with Gasteiger partial charge >= 0.3 is 0 Å². The summed E-state index contributed by atoms with van der Waals surface area (Å²) >= 11 is 0. The summed E-state index contributed by atoms with van der Waals surface area (Å²) in [6.07, 6.45) is 13.6. The molecule has 156 valence electrons. The van der Waals surface area contributed by atoms with Gasteiger partial charge in [0, 0.05) is 37.1 Å². The quantitative estimate of drug-likeness (QED) is 0.780. The van der Waals surface area contributed by atoms with Crippen LogP contribution in [0.2, 0.25) is 0 Å². The van der Waals surface area contributed by atoms with Crippen LogP contribution in [0.15, 0.2) is 42.2 Å². The summed E-state index contributed by atoms with van der Waals surface area (Å²) in [4.78, 5) is 22.6. The van der Waals surface area contributed by atoms with Crippen molar-refractivity contribution in [3.05, 3.63) is 47.9 Å². The highest BCUT2D eigenvalue weighted by molar-refractivity contribution is 5.94. The highest BCUT2D eigenvalue weighted by Crippen LogP contribution is 2.45. The van der Waals surface area contributed by atoms with E-state index in [1.54, 1.807) is 12.4 Å². The molecule has 3 fully saturated rings. The van der Waals surface area contributed by atoms with Crippen LogP contribution < -0.4 is 0 Å². The highest BCUT2D eigenvalue weighted by Gasteiger charge is 2.47. The van der Waals surface area contributed by atoms with Gasteiger partial charge < -0.3 is 4.90 Å². The highest BCUT2D eigenvalue weighted by atomic mass is 16.2. The normalized spacial score (nSPS) is 30.9. The third kappa shape index (κ3) is 3.00. The van der Waals surface area contributed by atoms with Gasteiger partial charge in [-0.3, -0.25) is 19.8 Å². The van der Waals surface area contributed by atoms with E-state index in [1.807, 2.05) is 18.2 Å². The fourth-order valence-electron chi connectivity index (χ4n) is 6.45. The van der Waals surface area contributed by atoms with Gasteiger partial charge in [0.05, 0.1) is 11.7 Å². The van der Waals surface area contributed by atoms with Crippen LogP contribution in [0.25, 0.3) is 11.3 Å². The first kappa shape index (κ1) is 18.3. The summed E-state index contributed by atoms with van der Waals surface area (Å²) in [5, 5.41) is 7.39. The lowest BCUT2D eigenvalue weighted by molar-refractivity contribution is 0.00131. The maximum atomic E-state index is 13.5. The Balaban J connectivity index is 1.28. The second kappa shape index (κ2) is 7.34. The first-order chi connectivity index (χ1) is 14.8. The Hall–Kier alpha value is -2.47. The van der Waals surface area contributed by atoms with Gasteiger partial charge in [-0.2, -0.15) is 5.10 Å². The zero-order valence-electron chi connectivity index (χ0n) is 17.3. The Bertz CT molecular complexity index is 967. The smallest absolute Gasteiger partial charge is 0.272 e. The summed E-state index contributed by atoms with van der Waals surface area (Å²) in [5.74, 6) is 1.34. The number of aromatic nitrogens is 3. The van der Waals surface area contributed by atoms with Gasteiger partial charge in [-0.15, -0.1) is 0 Å². The Kier molecular flexibility index (Phi) is 4.48. The largest absolute Gasteiger partial charge is 0.330 e. The molecule has 0 saturated carbocycles. The van der Waals surface area contributed by atoms with Crippen LogP contribution in [0.5, 0.6) is 0 Å². The molecular formula is C24H29N5O. The van der Waals surface area contributed by atoms with Crippen LogP contribution in [-0.2, 0) is 0 Å². The Morgan fingerprint density at radius 3 is 3.07 bits per heavy atom. The number of nitrogens with one attached hydrogen (secondary N) is 1. The maximum Gasteiger partial charge on any atom is 0.272 e. The Morgan fingerprint density at radius 1 is 1.20 bits per heavy atom. The van der Waals surface area contributed by atoms with E-state index in [0.717, 1.165) is 43.2 Å². The average molecular weight is 404 g/mol. The van der Waals surface area contributed by atoms with Crippen molar-refractivity contribution >= 4 is 5.91 Å². The van der Waals surface area contributed by atoms with E-state index in [4.69, 9.17) is 0 Å². The van der Waals surface area contributed by atoms with E-state index in [1.165, 1.54) is 37.8 Å². The minimum atomic E-state index is 0.0902. The summed E-state index contributed by atoms with van der Waals surface area (Å²) in [6, 6.07) is 6.74. The van der Waals surface area contributed by atoms with Crippen LogP contribution in [0, 0.1) is 11.8 Å². The van der Waals surface area contributed by atoms with Crippen LogP contribution in [0.1, 0.15) is 49.0 Å². The molecule has 30 heavy (non-hydrogen) atoms. The van der Waals surface area contributed by atoms with Crippen molar-refractivity contribution < 1.29 is 4.79 Å². The molecule has 1 N–H and O–H groups in total. The SMILES string of the molecule is O=C(c1cc(-c2cccnc2)n[nH]1)N1CCCC2=C[C@H]3C[C@@H](CN4CCCC[C@H]34)[C@@H]21. The molecule has 1 amide bonds. The lowest BCUT2D eigenvalue weighted by Gasteiger charge is -2.54. The van der Waals surface area contributed by atoms with Crippen molar-refractivity contribution in [2.24, 2.45) is 11.8 Å². The first-order valence-corrected chi connectivity index (χ1v) is 11.5. The molecule has 6 heteroatoms. The molecule has 0 aromatic carbocycles. The predicted octanol–water partition coefficient (Wildman–Crippen LogP) is 3.51. The molecule has 6 rings (SSSR count). The van der Waals surface area contributed by atoms with E-state index in [2.05, 4.69) is 31.1 Å². The van der Waals surface area contributed by atoms with Crippen molar-refractivity contribution in [2.75, 3.05) is 19.6 Å². The average Bonchev–Trinajstić information content (AvgIpc) is 3.29. The molecular weight excluding hydrogens is 374 g/mol. The van der Waals surface area contributed by atoms with Crippen molar-refractivity contribution in [3.63, 3.8) is 0 Å². The Morgan fingerprint density at radius 2 is 2.17 bits per heavy atom. The van der Waals surface area contributed by atoms with Gasteiger partial charge in [-0.25, -0.2) is 0 Å². The van der Waals surface area contributed by atoms with Crippen LogP contribution in [0.4, 0.5) is 0 Å². The minimum Gasteiger partial charge on any atom is -0.330 e. The second-order valence-electron chi connectivity index (χ2n) is 9.41. The summed E-state index contributed by atoms with van der Waals surface area (Å²) in [6.45, 7) is 3.22. The van der Waals surface area contributed by atoms with Gasteiger partial charge in [0.1, 0.15) is 5.69 Å². The number of pyridine rings is 1. The number of rotatable bonds is 2. The molecule has 6 nitrogen and oxygen atoms in total. The second-order valence-corrected chi connectivity index (χ2v) is 9.41. The van der Waals surface area contributed by atoms with Gasteiger partial charge in [-0.05, 0) is 68.7 Å². The molecule has 1 aliphatic carbocycles. The van der Waals surface area contributed by atoms with E-state index in [0.29, 0.717) is 17.5 Å². The third-order valence-corrected chi connectivity index (χ3v) is 7.68. The maximum absolute atomic E-state index is 13.5. The van der Waals surface area contributed by atoms with Gasteiger partial charge in [-0.1, -0.05) is 18.1 Å². The standard InChI is InChI=1S/C24H29N5O/c30-24(21-13-20(26-27-21)17-5-3-8-25-14-17)29-10-4-6-16-11-18-12-19(23(16)29)15-28-9-2-1-7-22(18)28/h3,5,8,11,13-14,18-19,22-23H,1-2,4,6-7,9-10,12,15H2,(H,26,27)/t18-,19-,22+,23+/m0/s1. The minimum absolute atomic E-state index is 0.0902. The fourth-order valence-corrected chi connectivity index (χ4v) is 6.45. The zero-order valence-corrected chi connectivity index (χ0v) is 17.3. The van der Waals surface area contributed by atoms with Crippen LogP contribution >= 0.6 is 0 Å². The molecule has 0 spiro atoms. The lowest BCUT2D eigenvalue weighted by atomic mass is 9.68. The number of piperidine rings is 3. The molecule has 0 radical (unpaired) electrons. The number of likely N-dealkylation sites (tertiary alicyclic amines) is 1. The van der Waals surface area contributed by atoms with Gasteiger partial charge in [0.2, 0.25) is 0 Å². The molecule has 3 aliphatic heterocycles. The van der Waals surface area contributed by atoms with E-state index >= 15 is 0 Å².